The average Bonchev–Trinajstić information content (AvgIpc) is 2.36. The molecule has 0 spiro atoms. The minimum Gasteiger partial charge on any atom is -0.462 e. The lowest BCUT2D eigenvalue weighted by Gasteiger charge is -2.11. The van der Waals surface area contributed by atoms with Gasteiger partial charge < -0.3 is 4.74 Å². The van der Waals surface area contributed by atoms with Gasteiger partial charge in [0, 0.05) is 5.88 Å². The summed E-state index contributed by atoms with van der Waals surface area (Å²) in [7, 11) is 0. The van der Waals surface area contributed by atoms with Gasteiger partial charge in [-0.15, -0.1) is 11.6 Å². The molecule has 1 aromatic rings. The van der Waals surface area contributed by atoms with Crippen molar-refractivity contribution in [3.8, 4) is 6.07 Å². The Balaban J connectivity index is 3.41. The van der Waals surface area contributed by atoms with E-state index in [1.54, 1.807) is 13.0 Å². The zero-order chi connectivity index (χ0) is 12.8. The van der Waals surface area contributed by atoms with E-state index in [4.69, 9.17) is 21.6 Å². The normalized spacial score (nSPS) is 9.76. The molecule has 0 atom stereocenters. The molecule has 0 saturated carbocycles. The summed E-state index contributed by atoms with van der Waals surface area (Å²) in [6.45, 7) is 3.96. The second-order valence-corrected chi connectivity index (χ2v) is 3.72. The van der Waals surface area contributed by atoms with Crippen molar-refractivity contribution in [1.82, 2.24) is 0 Å². The fourth-order valence-corrected chi connectivity index (χ4v) is 1.88. The second-order valence-electron chi connectivity index (χ2n) is 3.45. The van der Waals surface area contributed by atoms with E-state index in [-0.39, 0.29) is 12.5 Å². The number of esters is 1. The molecule has 0 N–H and O–H groups in total. The minimum atomic E-state index is -0.451. The molecule has 0 saturated heterocycles. The second kappa shape index (κ2) is 6.27. The maximum absolute atomic E-state index is 11.9. The van der Waals surface area contributed by atoms with Crippen LogP contribution in [0.25, 0.3) is 0 Å². The maximum Gasteiger partial charge on any atom is 0.339 e. The van der Waals surface area contributed by atoms with Crippen LogP contribution < -0.4 is 0 Å². The number of carbonyl (C=O) groups excluding carboxylic acids is 1. The summed E-state index contributed by atoms with van der Waals surface area (Å²) in [6.07, 6.45) is 0.672. The van der Waals surface area contributed by atoms with E-state index in [0.717, 1.165) is 5.56 Å². The molecular weight excluding hydrogens is 238 g/mol. The molecule has 0 amide bonds. The van der Waals surface area contributed by atoms with Crippen molar-refractivity contribution >= 4 is 17.6 Å². The molecule has 0 unspecified atom stereocenters. The summed E-state index contributed by atoms with van der Waals surface area (Å²) in [6, 6.07) is 5.65. The lowest BCUT2D eigenvalue weighted by Crippen LogP contribution is -2.12. The van der Waals surface area contributed by atoms with E-state index in [0.29, 0.717) is 23.1 Å². The van der Waals surface area contributed by atoms with Gasteiger partial charge in [0.1, 0.15) is 6.07 Å². The molecule has 1 rings (SSSR count). The van der Waals surface area contributed by atoms with Crippen molar-refractivity contribution in [2.45, 2.75) is 26.1 Å². The highest BCUT2D eigenvalue weighted by atomic mass is 35.5. The molecule has 0 heterocycles. The van der Waals surface area contributed by atoms with Crippen LogP contribution in [0.3, 0.4) is 0 Å². The number of carbonyl (C=O) groups is 1. The third-order valence-electron chi connectivity index (χ3n) is 2.49. The minimum absolute atomic E-state index is 0.208. The van der Waals surface area contributed by atoms with Gasteiger partial charge in [0.25, 0.3) is 0 Å². The van der Waals surface area contributed by atoms with Crippen molar-refractivity contribution in [2.75, 3.05) is 6.61 Å². The van der Waals surface area contributed by atoms with Crippen LogP contribution >= 0.6 is 11.6 Å². The summed E-state index contributed by atoms with van der Waals surface area (Å²) in [5.41, 5.74) is 2.16. The van der Waals surface area contributed by atoms with Crippen LogP contribution in [-0.2, 0) is 17.0 Å². The van der Waals surface area contributed by atoms with E-state index in [9.17, 15) is 4.79 Å². The van der Waals surface area contributed by atoms with Gasteiger partial charge in [-0.05, 0) is 24.5 Å². The zero-order valence-corrected chi connectivity index (χ0v) is 10.7. The van der Waals surface area contributed by atoms with E-state index in [2.05, 4.69) is 0 Å². The third kappa shape index (κ3) is 2.78. The van der Waals surface area contributed by atoms with Crippen molar-refractivity contribution < 1.29 is 9.53 Å². The Morgan fingerprint density at radius 3 is 2.53 bits per heavy atom. The third-order valence-corrected chi connectivity index (χ3v) is 2.78. The number of hydrogen-bond acceptors (Lipinski definition) is 3. The number of benzene rings is 1. The van der Waals surface area contributed by atoms with Crippen LogP contribution in [0.15, 0.2) is 12.1 Å². The SMILES string of the molecule is CCOC(=O)c1c(CC)ccc(CCl)c1C#N. The zero-order valence-electron chi connectivity index (χ0n) is 9.92. The topological polar surface area (TPSA) is 50.1 Å². The van der Waals surface area contributed by atoms with Crippen LogP contribution in [0.5, 0.6) is 0 Å². The van der Waals surface area contributed by atoms with Crippen LogP contribution in [0.2, 0.25) is 0 Å². The monoisotopic (exact) mass is 251 g/mol. The molecule has 0 aliphatic heterocycles. The van der Waals surface area contributed by atoms with Gasteiger partial charge in [-0.3, -0.25) is 0 Å². The number of ether oxygens (including phenoxy) is 1. The quantitative estimate of drug-likeness (QED) is 0.610. The first-order chi connectivity index (χ1) is 8.19. The van der Waals surface area contributed by atoms with Crippen LogP contribution in [-0.4, -0.2) is 12.6 Å². The largest absolute Gasteiger partial charge is 0.462 e. The number of nitriles is 1. The molecule has 0 radical (unpaired) electrons. The summed E-state index contributed by atoms with van der Waals surface area (Å²) in [5, 5.41) is 9.15. The Bertz CT molecular complexity index is 463. The highest BCUT2D eigenvalue weighted by Gasteiger charge is 2.19. The standard InChI is InChI=1S/C13H14ClNO2/c1-3-9-5-6-10(7-14)11(8-15)12(9)13(16)17-4-2/h5-6H,3-4,7H2,1-2H3. The van der Waals surface area contributed by atoms with Crippen LogP contribution in [0.4, 0.5) is 0 Å². The summed E-state index contributed by atoms with van der Waals surface area (Å²) in [5.74, 6) is -0.243. The summed E-state index contributed by atoms with van der Waals surface area (Å²) >= 11 is 5.76. The molecule has 1 aromatic carbocycles. The lowest BCUT2D eigenvalue weighted by atomic mass is 9.96. The van der Waals surface area contributed by atoms with Crippen molar-refractivity contribution in [3.05, 3.63) is 34.4 Å². The van der Waals surface area contributed by atoms with Gasteiger partial charge in [0.05, 0.1) is 17.7 Å². The van der Waals surface area contributed by atoms with Crippen LogP contribution in [0.1, 0.15) is 40.9 Å². The predicted octanol–water partition coefficient (Wildman–Crippen LogP) is 3.04. The number of hydrogen-bond donors (Lipinski definition) is 0. The van der Waals surface area contributed by atoms with Gasteiger partial charge in [0.2, 0.25) is 0 Å². The molecule has 0 aromatic heterocycles. The molecule has 4 heteroatoms. The number of rotatable bonds is 4. The van der Waals surface area contributed by atoms with Gasteiger partial charge in [-0.25, -0.2) is 4.79 Å². The van der Waals surface area contributed by atoms with Gasteiger partial charge in [-0.2, -0.15) is 5.26 Å². The first kappa shape index (κ1) is 13.5. The molecule has 0 bridgehead atoms. The highest BCUT2D eigenvalue weighted by molar-refractivity contribution is 6.17. The van der Waals surface area contributed by atoms with Gasteiger partial charge >= 0.3 is 5.97 Å². The lowest BCUT2D eigenvalue weighted by molar-refractivity contribution is 0.0524. The molecule has 90 valence electrons. The number of nitrogens with zero attached hydrogens (tertiary/aromatic N) is 1. The molecule has 17 heavy (non-hydrogen) atoms. The fourth-order valence-electron chi connectivity index (χ4n) is 1.66. The van der Waals surface area contributed by atoms with E-state index < -0.39 is 5.97 Å². The first-order valence-corrected chi connectivity index (χ1v) is 6.00. The molecule has 0 aliphatic rings. The predicted molar refractivity (Wildman–Crippen MR) is 66.0 cm³/mol. The van der Waals surface area contributed by atoms with E-state index >= 15 is 0 Å². The molecule has 0 aliphatic carbocycles. The van der Waals surface area contributed by atoms with Gasteiger partial charge in [0.15, 0.2) is 0 Å². The summed E-state index contributed by atoms with van der Waals surface area (Å²) < 4.78 is 4.98. The van der Waals surface area contributed by atoms with Crippen molar-refractivity contribution in [1.29, 1.82) is 5.26 Å². The molecular formula is C13H14ClNO2. The number of halogens is 1. The van der Waals surface area contributed by atoms with Crippen molar-refractivity contribution in [2.24, 2.45) is 0 Å². The Hall–Kier alpha value is -1.53. The highest BCUT2D eigenvalue weighted by Crippen LogP contribution is 2.22. The average molecular weight is 252 g/mol. The Morgan fingerprint density at radius 2 is 2.06 bits per heavy atom. The van der Waals surface area contributed by atoms with Crippen LogP contribution in [0, 0.1) is 11.3 Å². The summed E-state index contributed by atoms with van der Waals surface area (Å²) in [4.78, 5) is 11.9. The first-order valence-electron chi connectivity index (χ1n) is 5.47. The Labute approximate surface area is 106 Å². The number of alkyl halides is 1. The Morgan fingerprint density at radius 1 is 1.41 bits per heavy atom. The number of aryl methyl sites for hydroxylation is 1. The fraction of sp³-hybridized carbons (Fsp3) is 0.385. The molecule has 0 fully saturated rings. The smallest absolute Gasteiger partial charge is 0.339 e. The molecule has 3 nitrogen and oxygen atoms in total. The maximum atomic E-state index is 11.9. The van der Waals surface area contributed by atoms with Crippen molar-refractivity contribution in [3.63, 3.8) is 0 Å². The van der Waals surface area contributed by atoms with Gasteiger partial charge in [-0.1, -0.05) is 19.1 Å². The Kier molecular flexibility index (Phi) is 4.99. The van der Waals surface area contributed by atoms with E-state index in [1.165, 1.54) is 0 Å². The van der Waals surface area contributed by atoms with E-state index in [1.807, 2.05) is 19.1 Å².